The molecule has 0 aliphatic carbocycles. The fourth-order valence-corrected chi connectivity index (χ4v) is 5.32. The van der Waals surface area contributed by atoms with Crippen molar-refractivity contribution in [1.82, 2.24) is 0 Å². The van der Waals surface area contributed by atoms with E-state index in [1.54, 1.807) is 12.1 Å². The molecular formula is C13H17F3OSi. The highest BCUT2D eigenvalue weighted by Crippen LogP contribution is 2.37. The second kappa shape index (κ2) is 5.44. The molecule has 100 valence electrons. The molecule has 1 heterocycles. The molecule has 0 radical (unpaired) electrons. The monoisotopic (exact) mass is 274 g/mol. The second-order valence-electron chi connectivity index (χ2n) is 4.78. The van der Waals surface area contributed by atoms with Gasteiger partial charge in [-0.2, -0.15) is 13.2 Å². The molecule has 2 unspecified atom stereocenters. The Kier molecular flexibility index (Phi) is 4.12. The zero-order valence-corrected chi connectivity index (χ0v) is 11.5. The van der Waals surface area contributed by atoms with E-state index in [-0.39, 0.29) is 5.54 Å². The summed E-state index contributed by atoms with van der Waals surface area (Å²) in [6.07, 6.45) is -2.14. The van der Waals surface area contributed by atoms with Crippen LogP contribution >= 0.6 is 0 Å². The van der Waals surface area contributed by atoms with Crippen molar-refractivity contribution in [2.45, 2.75) is 37.5 Å². The third-order valence-electron chi connectivity index (χ3n) is 3.53. The number of halogens is 3. The topological polar surface area (TPSA) is 9.23 Å². The van der Waals surface area contributed by atoms with Gasteiger partial charge in [0.15, 0.2) is 9.04 Å². The molecule has 1 nitrogen and oxygen atoms in total. The molecule has 2 atom stereocenters. The van der Waals surface area contributed by atoms with Crippen molar-refractivity contribution in [3.63, 3.8) is 0 Å². The Labute approximate surface area is 107 Å². The lowest BCUT2D eigenvalue weighted by Gasteiger charge is -2.28. The molecule has 1 aliphatic heterocycles. The van der Waals surface area contributed by atoms with Crippen molar-refractivity contribution in [2.24, 2.45) is 0 Å². The van der Waals surface area contributed by atoms with Crippen LogP contribution in [0, 0.1) is 0 Å². The van der Waals surface area contributed by atoms with E-state index < -0.39 is 20.8 Å². The Balaban J connectivity index is 2.26. The van der Waals surface area contributed by atoms with Crippen LogP contribution in [0.1, 0.15) is 36.4 Å². The van der Waals surface area contributed by atoms with Gasteiger partial charge in [0.05, 0.1) is 5.56 Å². The zero-order valence-electron chi connectivity index (χ0n) is 10.3. The molecule has 1 fully saturated rings. The predicted octanol–water partition coefficient (Wildman–Crippen LogP) is 3.88. The van der Waals surface area contributed by atoms with Gasteiger partial charge in [-0.05, 0) is 29.6 Å². The lowest BCUT2D eigenvalue weighted by Crippen LogP contribution is -2.30. The summed E-state index contributed by atoms with van der Waals surface area (Å²) < 4.78 is 44.6. The van der Waals surface area contributed by atoms with Gasteiger partial charge in [0.2, 0.25) is 0 Å². The summed E-state index contributed by atoms with van der Waals surface area (Å²) in [6, 6.07) is 6.87. The van der Waals surface area contributed by atoms with Crippen LogP contribution in [0.3, 0.4) is 0 Å². The van der Waals surface area contributed by atoms with Crippen molar-refractivity contribution in [1.29, 1.82) is 0 Å². The number of hydrogen-bond acceptors (Lipinski definition) is 1. The summed E-state index contributed by atoms with van der Waals surface area (Å²) in [6.45, 7) is 2.60. The first kappa shape index (κ1) is 13.6. The fourth-order valence-electron chi connectivity index (χ4n) is 2.51. The van der Waals surface area contributed by atoms with Gasteiger partial charge in [0.1, 0.15) is 0 Å². The molecule has 1 aromatic rings. The highest BCUT2D eigenvalue weighted by Gasteiger charge is 2.36. The van der Waals surface area contributed by atoms with Crippen molar-refractivity contribution >= 4 is 9.04 Å². The van der Waals surface area contributed by atoms with E-state index >= 15 is 0 Å². The molecule has 0 aromatic heterocycles. The molecule has 1 aliphatic rings. The van der Waals surface area contributed by atoms with Crippen molar-refractivity contribution in [3.05, 3.63) is 35.4 Å². The molecule has 1 saturated heterocycles. The zero-order chi connectivity index (χ0) is 13.2. The molecule has 5 heteroatoms. The molecule has 0 N–H and O–H groups in total. The summed E-state index contributed by atoms with van der Waals surface area (Å²) >= 11 is 0. The molecule has 0 bridgehead atoms. The molecule has 0 spiro atoms. The maximum atomic E-state index is 13.0. The first-order chi connectivity index (χ1) is 8.50. The minimum Gasteiger partial charge on any atom is -0.419 e. The van der Waals surface area contributed by atoms with Gasteiger partial charge in [-0.3, -0.25) is 0 Å². The maximum Gasteiger partial charge on any atom is 0.416 e. The smallest absolute Gasteiger partial charge is 0.416 e. The van der Waals surface area contributed by atoms with E-state index in [1.807, 2.05) is 6.92 Å². The van der Waals surface area contributed by atoms with Gasteiger partial charge in [0.25, 0.3) is 0 Å². The number of benzene rings is 1. The van der Waals surface area contributed by atoms with Gasteiger partial charge in [-0.25, -0.2) is 0 Å². The number of alkyl halides is 3. The molecule has 2 rings (SSSR count). The quantitative estimate of drug-likeness (QED) is 0.744. The van der Waals surface area contributed by atoms with Gasteiger partial charge in [-0.15, -0.1) is 0 Å². The molecule has 18 heavy (non-hydrogen) atoms. The van der Waals surface area contributed by atoms with Crippen molar-refractivity contribution in [3.8, 4) is 0 Å². The van der Waals surface area contributed by atoms with Crippen molar-refractivity contribution < 1.29 is 17.6 Å². The van der Waals surface area contributed by atoms with E-state index in [0.717, 1.165) is 25.5 Å². The normalized spacial score (nSPS) is 22.8. The average molecular weight is 274 g/mol. The van der Waals surface area contributed by atoms with Crippen LogP contribution in [0.5, 0.6) is 0 Å². The lowest BCUT2D eigenvalue weighted by atomic mass is 10.0. The van der Waals surface area contributed by atoms with Gasteiger partial charge in [0, 0.05) is 6.61 Å². The lowest BCUT2D eigenvalue weighted by molar-refractivity contribution is -0.138. The fraction of sp³-hybridized carbons (Fsp3) is 0.538. The second-order valence-corrected chi connectivity index (χ2v) is 7.77. The van der Waals surface area contributed by atoms with Crippen LogP contribution in [-0.4, -0.2) is 15.6 Å². The van der Waals surface area contributed by atoms with Gasteiger partial charge in [-0.1, -0.05) is 31.5 Å². The largest absolute Gasteiger partial charge is 0.419 e. The highest BCUT2D eigenvalue weighted by atomic mass is 28.3. The van der Waals surface area contributed by atoms with Crippen LogP contribution in [0.25, 0.3) is 0 Å². The van der Waals surface area contributed by atoms with Crippen LogP contribution in [0.4, 0.5) is 13.2 Å². The number of rotatable bonds is 2. The van der Waals surface area contributed by atoms with Gasteiger partial charge < -0.3 is 4.43 Å². The Hall–Kier alpha value is -0.813. The first-order valence-corrected chi connectivity index (χ1v) is 8.23. The third-order valence-corrected chi connectivity index (χ3v) is 6.64. The molecule has 0 saturated carbocycles. The van der Waals surface area contributed by atoms with E-state index in [9.17, 15) is 13.2 Å². The van der Waals surface area contributed by atoms with Crippen LogP contribution in [-0.2, 0) is 10.6 Å². The van der Waals surface area contributed by atoms with Crippen molar-refractivity contribution in [2.75, 3.05) is 6.61 Å². The number of hydrogen-bond donors (Lipinski definition) is 0. The third kappa shape index (κ3) is 2.95. The summed E-state index contributed by atoms with van der Waals surface area (Å²) in [5.74, 6) is 0. The Morgan fingerprint density at radius 1 is 1.22 bits per heavy atom. The standard InChI is InChI=1S/C13H17F3OSi/c1-10(18-9-5-4-8-17-18)11-6-2-3-7-12(11)13(14,15)16/h2-3,6-7,10,18H,4-5,8-9H2,1H3. The highest BCUT2D eigenvalue weighted by molar-refractivity contribution is 6.53. The van der Waals surface area contributed by atoms with E-state index in [0.29, 0.717) is 5.56 Å². The van der Waals surface area contributed by atoms with E-state index in [2.05, 4.69) is 0 Å². The maximum absolute atomic E-state index is 13.0. The minimum atomic E-state index is -4.27. The molecule has 0 amide bonds. The van der Waals surface area contributed by atoms with Gasteiger partial charge >= 0.3 is 6.18 Å². The predicted molar refractivity (Wildman–Crippen MR) is 67.0 cm³/mol. The van der Waals surface area contributed by atoms with Crippen LogP contribution < -0.4 is 0 Å². The Morgan fingerprint density at radius 3 is 2.56 bits per heavy atom. The van der Waals surface area contributed by atoms with Crippen LogP contribution in [0.15, 0.2) is 24.3 Å². The van der Waals surface area contributed by atoms with E-state index in [4.69, 9.17) is 4.43 Å². The summed E-state index contributed by atoms with van der Waals surface area (Å²) in [4.78, 5) is 0. The first-order valence-electron chi connectivity index (χ1n) is 6.28. The SMILES string of the molecule is CC(c1ccccc1C(F)(F)F)[SiH]1CCCCO1. The summed E-state index contributed by atoms with van der Waals surface area (Å²) in [7, 11) is -1.55. The van der Waals surface area contributed by atoms with E-state index in [1.165, 1.54) is 12.1 Å². The molecule has 1 aromatic carbocycles. The minimum absolute atomic E-state index is 0.0804. The Bertz CT molecular complexity index is 399. The summed E-state index contributed by atoms with van der Waals surface area (Å²) in [5, 5.41) is 0. The summed E-state index contributed by atoms with van der Waals surface area (Å²) in [5.41, 5.74) is -0.175. The molecular weight excluding hydrogens is 257 g/mol. The van der Waals surface area contributed by atoms with Crippen LogP contribution in [0.2, 0.25) is 6.04 Å². The Morgan fingerprint density at radius 2 is 1.94 bits per heavy atom. The average Bonchev–Trinajstić information content (AvgIpc) is 2.38.